The number of anilines is 1. The van der Waals surface area contributed by atoms with Crippen molar-refractivity contribution >= 4 is 6.01 Å². The van der Waals surface area contributed by atoms with Crippen LogP contribution in [0.5, 0.6) is 0 Å². The molecule has 0 saturated carbocycles. The molecule has 0 bridgehead atoms. The summed E-state index contributed by atoms with van der Waals surface area (Å²) < 4.78 is 5.42. The van der Waals surface area contributed by atoms with Crippen molar-refractivity contribution in [3.63, 3.8) is 0 Å². The summed E-state index contributed by atoms with van der Waals surface area (Å²) in [5, 5.41) is 10.9. The molecule has 86 valence electrons. The van der Waals surface area contributed by atoms with Crippen molar-refractivity contribution in [2.24, 2.45) is 5.92 Å². The van der Waals surface area contributed by atoms with Crippen molar-refractivity contribution in [2.75, 3.05) is 5.32 Å². The number of nitrogens with one attached hydrogen (secondary N) is 2. The molecule has 0 aliphatic rings. The van der Waals surface area contributed by atoms with Gasteiger partial charge in [0, 0.05) is 18.8 Å². The zero-order chi connectivity index (χ0) is 11.4. The van der Waals surface area contributed by atoms with E-state index in [1.807, 2.05) is 0 Å². The van der Waals surface area contributed by atoms with Gasteiger partial charge in [-0.2, -0.15) is 0 Å². The molecule has 6 nitrogen and oxygen atoms in total. The van der Waals surface area contributed by atoms with Gasteiger partial charge < -0.3 is 14.7 Å². The van der Waals surface area contributed by atoms with Gasteiger partial charge in [-0.05, 0) is 5.92 Å². The first-order valence-electron chi connectivity index (χ1n) is 5.28. The topological polar surface area (TPSA) is 79.6 Å². The minimum Gasteiger partial charge on any atom is -0.408 e. The van der Waals surface area contributed by atoms with Crippen LogP contribution >= 0.6 is 0 Å². The molecule has 2 rings (SSSR count). The van der Waals surface area contributed by atoms with Gasteiger partial charge in [0.2, 0.25) is 5.89 Å². The van der Waals surface area contributed by atoms with E-state index in [0.29, 0.717) is 24.4 Å². The molecule has 0 radical (unpaired) electrons. The Bertz CT molecular complexity index is 420. The van der Waals surface area contributed by atoms with E-state index in [0.717, 1.165) is 12.2 Å². The number of imidazole rings is 1. The Morgan fingerprint density at radius 1 is 1.44 bits per heavy atom. The largest absolute Gasteiger partial charge is 0.408 e. The van der Waals surface area contributed by atoms with Gasteiger partial charge in [0.05, 0.1) is 6.54 Å². The molecule has 2 aromatic heterocycles. The number of aromatic amines is 1. The maximum atomic E-state index is 5.42. The smallest absolute Gasteiger partial charge is 0.315 e. The van der Waals surface area contributed by atoms with Gasteiger partial charge in [0.15, 0.2) is 0 Å². The van der Waals surface area contributed by atoms with Crippen LogP contribution in [0.2, 0.25) is 0 Å². The highest BCUT2D eigenvalue weighted by Gasteiger charge is 2.07. The molecule has 2 aromatic rings. The van der Waals surface area contributed by atoms with E-state index >= 15 is 0 Å². The average Bonchev–Trinajstić information content (AvgIpc) is 2.84. The number of hydrogen-bond acceptors (Lipinski definition) is 5. The second-order valence-corrected chi connectivity index (χ2v) is 3.99. The fourth-order valence-corrected chi connectivity index (χ4v) is 1.31. The third kappa shape index (κ3) is 2.82. The van der Waals surface area contributed by atoms with Crippen molar-refractivity contribution in [3.8, 4) is 0 Å². The summed E-state index contributed by atoms with van der Waals surface area (Å²) in [6.45, 7) is 4.77. The Hall–Kier alpha value is -1.85. The highest BCUT2D eigenvalue weighted by atomic mass is 16.4. The minimum atomic E-state index is 0.437. The summed E-state index contributed by atoms with van der Waals surface area (Å²) >= 11 is 0. The van der Waals surface area contributed by atoms with E-state index in [9.17, 15) is 0 Å². The van der Waals surface area contributed by atoms with Crippen LogP contribution in [0.4, 0.5) is 6.01 Å². The first-order valence-corrected chi connectivity index (χ1v) is 5.28. The quantitative estimate of drug-likeness (QED) is 0.801. The van der Waals surface area contributed by atoms with E-state index in [1.165, 1.54) is 0 Å². The van der Waals surface area contributed by atoms with Gasteiger partial charge >= 0.3 is 6.01 Å². The standard InChI is InChI=1S/C10H15N5O/c1-7(2)5-9-14-15-10(16-9)13-6-8-11-3-4-12-8/h3-4,7H,5-6H2,1-2H3,(H,11,12)(H,13,15). The van der Waals surface area contributed by atoms with Crippen LogP contribution in [0.15, 0.2) is 16.8 Å². The van der Waals surface area contributed by atoms with Gasteiger partial charge in [0.1, 0.15) is 5.82 Å². The summed E-state index contributed by atoms with van der Waals surface area (Å²) in [4.78, 5) is 7.06. The lowest BCUT2D eigenvalue weighted by molar-refractivity contribution is 0.465. The van der Waals surface area contributed by atoms with Crippen molar-refractivity contribution in [2.45, 2.75) is 26.8 Å². The zero-order valence-electron chi connectivity index (χ0n) is 9.40. The summed E-state index contributed by atoms with van der Waals surface area (Å²) in [7, 11) is 0. The first-order chi connectivity index (χ1) is 7.74. The minimum absolute atomic E-state index is 0.437. The van der Waals surface area contributed by atoms with Gasteiger partial charge in [-0.15, -0.1) is 5.10 Å². The highest BCUT2D eigenvalue weighted by Crippen LogP contribution is 2.10. The van der Waals surface area contributed by atoms with E-state index < -0.39 is 0 Å². The summed E-state index contributed by atoms with van der Waals surface area (Å²) in [6, 6.07) is 0.437. The van der Waals surface area contributed by atoms with Crippen LogP contribution in [-0.2, 0) is 13.0 Å². The maximum Gasteiger partial charge on any atom is 0.315 e. The molecule has 2 heterocycles. The number of hydrogen-bond donors (Lipinski definition) is 2. The molecule has 2 N–H and O–H groups in total. The van der Waals surface area contributed by atoms with E-state index in [-0.39, 0.29) is 0 Å². The van der Waals surface area contributed by atoms with Crippen molar-refractivity contribution < 1.29 is 4.42 Å². The van der Waals surface area contributed by atoms with Gasteiger partial charge in [-0.3, -0.25) is 0 Å². The average molecular weight is 221 g/mol. The lowest BCUT2D eigenvalue weighted by Crippen LogP contribution is -2.01. The van der Waals surface area contributed by atoms with Crippen LogP contribution in [0, 0.1) is 5.92 Å². The van der Waals surface area contributed by atoms with Crippen LogP contribution < -0.4 is 5.32 Å². The van der Waals surface area contributed by atoms with E-state index in [4.69, 9.17) is 4.42 Å². The van der Waals surface area contributed by atoms with E-state index in [2.05, 4.69) is 39.3 Å². The van der Waals surface area contributed by atoms with Crippen LogP contribution in [0.1, 0.15) is 25.6 Å². The number of aromatic nitrogens is 4. The fraction of sp³-hybridized carbons (Fsp3) is 0.500. The SMILES string of the molecule is CC(C)Cc1nnc(NCc2ncc[nH]2)o1. The van der Waals surface area contributed by atoms with Crippen LogP contribution in [0.25, 0.3) is 0 Å². The molecule has 16 heavy (non-hydrogen) atoms. The molecule has 0 saturated heterocycles. The lowest BCUT2D eigenvalue weighted by Gasteiger charge is -1.98. The Balaban J connectivity index is 1.88. The molecular formula is C10H15N5O. The monoisotopic (exact) mass is 221 g/mol. The normalized spacial score (nSPS) is 10.9. The summed E-state index contributed by atoms with van der Waals surface area (Å²) in [5.41, 5.74) is 0. The molecule has 0 aliphatic heterocycles. The van der Waals surface area contributed by atoms with Crippen molar-refractivity contribution in [1.29, 1.82) is 0 Å². The molecule has 0 unspecified atom stereocenters. The Morgan fingerprint density at radius 3 is 3.00 bits per heavy atom. The van der Waals surface area contributed by atoms with Crippen molar-refractivity contribution in [1.82, 2.24) is 20.2 Å². The predicted octanol–water partition coefficient (Wildman–Crippen LogP) is 1.60. The maximum absolute atomic E-state index is 5.42. The number of nitrogens with zero attached hydrogens (tertiary/aromatic N) is 3. The highest BCUT2D eigenvalue weighted by molar-refractivity contribution is 5.17. The van der Waals surface area contributed by atoms with Gasteiger partial charge in [-0.25, -0.2) is 4.98 Å². The molecule has 0 aliphatic carbocycles. The van der Waals surface area contributed by atoms with Crippen molar-refractivity contribution in [3.05, 3.63) is 24.1 Å². The second kappa shape index (κ2) is 4.78. The predicted molar refractivity (Wildman–Crippen MR) is 58.8 cm³/mol. The van der Waals surface area contributed by atoms with Gasteiger partial charge in [0.25, 0.3) is 0 Å². The Kier molecular flexibility index (Phi) is 3.19. The lowest BCUT2D eigenvalue weighted by atomic mass is 10.1. The Morgan fingerprint density at radius 2 is 2.31 bits per heavy atom. The summed E-state index contributed by atoms with van der Waals surface area (Å²) in [6.07, 6.45) is 4.28. The third-order valence-corrected chi connectivity index (χ3v) is 2.01. The molecular weight excluding hydrogens is 206 g/mol. The van der Waals surface area contributed by atoms with Gasteiger partial charge in [-0.1, -0.05) is 18.9 Å². The summed E-state index contributed by atoms with van der Waals surface area (Å²) in [5.74, 6) is 2.01. The molecule has 0 amide bonds. The second-order valence-electron chi connectivity index (χ2n) is 3.99. The van der Waals surface area contributed by atoms with Crippen LogP contribution in [0.3, 0.4) is 0 Å². The number of rotatable bonds is 5. The third-order valence-electron chi connectivity index (χ3n) is 2.01. The Labute approximate surface area is 93.5 Å². The molecule has 0 fully saturated rings. The zero-order valence-corrected chi connectivity index (χ0v) is 9.40. The first kappa shape index (κ1) is 10.7. The fourth-order valence-electron chi connectivity index (χ4n) is 1.31. The van der Waals surface area contributed by atoms with E-state index in [1.54, 1.807) is 12.4 Å². The molecule has 0 aromatic carbocycles. The number of H-pyrrole nitrogens is 1. The molecule has 0 spiro atoms. The molecule has 6 heteroatoms. The molecule has 0 atom stereocenters. The van der Waals surface area contributed by atoms with Crippen LogP contribution in [-0.4, -0.2) is 20.2 Å².